The van der Waals surface area contributed by atoms with Crippen molar-refractivity contribution < 1.29 is 28.6 Å². The van der Waals surface area contributed by atoms with Crippen LogP contribution in [-0.2, 0) is 14.3 Å². The van der Waals surface area contributed by atoms with Crippen LogP contribution in [0, 0.1) is 0 Å². The van der Waals surface area contributed by atoms with Gasteiger partial charge in [-0.25, -0.2) is 4.79 Å². The van der Waals surface area contributed by atoms with E-state index in [1.807, 2.05) is 11.4 Å². The molecule has 1 atom stereocenters. The lowest BCUT2D eigenvalue weighted by Crippen LogP contribution is -2.43. The van der Waals surface area contributed by atoms with Gasteiger partial charge in [0, 0.05) is 11.9 Å². The summed E-state index contributed by atoms with van der Waals surface area (Å²) in [6, 6.07) is 4.72. The fourth-order valence-corrected chi connectivity index (χ4v) is 2.52. The molecule has 2 N–H and O–H groups in total. The summed E-state index contributed by atoms with van der Waals surface area (Å²) in [6.45, 7) is 2.40. The molecule has 3 amide bonds. The third-order valence-electron chi connectivity index (χ3n) is 3.01. The minimum Gasteiger partial charge on any atom is -0.486 e. The van der Waals surface area contributed by atoms with Crippen LogP contribution in [0.4, 0.5) is 4.79 Å². The monoisotopic (exact) mass is 354 g/mol. The van der Waals surface area contributed by atoms with Crippen molar-refractivity contribution in [3.05, 3.63) is 18.2 Å². The van der Waals surface area contributed by atoms with E-state index >= 15 is 0 Å². The Morgan fingerprint density at radius 3 is 2.67 bits per heavy atom. The molecule has 1 heterocycles. The number of nitrogens with one attached hydrogen (secondary N) is 2. The van der Waals surface area contributed by atoms with Crippen LogP contribution in [0.2, 0.25) is 0 Å². The number of urea groups is 1. The van der Waals surface area contributed by atoms with Gasteiger partial charge in [0.15, 0.2) is 17.6 Å². The van der Waals surface area contributed by atoms with Gasteiger partial charge in [-0.2, -0.15) is 0 Å². The van der Waals surface area contributed by atoms with Crippen LogP contribution in [-0.4, -0.2) is 50.0 Å². The van der Waals surface area contributed by atoms with Gasteiger partial charge in [-0.05, 0) is 25.1 Å². The zero-order chi connectivity index (χ0) is 17.5. The van der Waals surface area contributed by atoms with Crippen molar-refractivity contribution in [2.75, 3.05) is 26.0 Å². The lowest BCUT2D eigenvalue weighted by molar-refractivity contribution is -0.151. The number of imide groups is 1. The Morgan fingerprint density at radius 2 is 1.96 bits per heavy atom. The quantitative estimate of drug-likeness (QED) is 0.599. The minimum atomic E-state index is -1.06. The molecule has 0 bridgehead atoms. The van der Waals surface area contributed by atoms with E-state index < -0.39 is 24.0 Å². The van der Waals surface area contributed by atoms with Crippen LogP contribution < -0.4 is 20.1 Å². The number of amides is 3. The standard InChI is InChI=1S/C15H18N2O6S/c1-9(14(19)17-15(20)16-2)23-13(18)8-24-10-3-4-11-12(7-10)22-6-5-21-11/h3-4,7,9H,5-6,8H2,1-2H3,(H2,16,17,19,20)/t9-/m0/s1. The molecule has 8 nitrogen and oxygen atoms in total. The Bertz CT molecular complexity index is 636. The molecule has 1 aliphatic rings. The Labute approximate surface area is 143 Å². The molecule has 0 aliphatic carbocycles. The van der Waals surface area contributed by atoms with Gasteiger partial charge in [-0.15, -0.1) is 11.8 Å². The maximum atomic E-state index is 11.8. The second-order valence-corrected chi connectivity index (χ2v) is 5.84. The molecule has 0 aromatic heterocycles. The SMILES string of the molecule is CNC(=O)NC(=O)[C@H](C)OC(=O)CSc1ccc2c(c1)OCCO2. The average molecular weight is 354 g/mol. The fourth-order valence-electron chi connectivity index (χ4n) is 1.82. The predicted molar refractivity (Wildman–Crippen MR) is 86.3 cm³/mol. The highest BCUT2D eigenvalue weighted by Crippen LogP contribution is 2.34. The van der Waals surface area contributed by atoms with Gasteiger partial charge in [-0.1, -0.05) is 0 Å². The van der Waals surface area contributed by atoms with Crippen molar-refractivity contribution in [1.82, 2.24) is 10.6 Å². The Kier molecular flexibility index (Phi) is 6.30. The first-order valence-electron chi connectivity index (χ1n) is 7.24. The molecule has 2 rings (SSSR count). The molecular formula is C15H18N2O6S. The number of benzene rings is 1. The number of rotatable bonds is 5. The van der Waals surface area contributed by atoms with Crippen LogP contribution in [0.15, 0.2) is 23.1 Å². The minimum absolute atomic E-state index is 0.0250. The van der Waals surface area contributed by atoms with Gasteiger partial charge in [0.05, 0.1) is 5.75 Å². The summed E-state index contributed by atoms with van der Waals surface area (Å²) in [4.78, 5) is 35.2. The number of hydrogen-bond acceptors (Lipinski definition) is 7. The Morgan fingerprint density at radius 1 is 1.25 bits per heavy atom. The highest BCUT2D eigenvalue weighted by molar-refractivity contribution is 8.00. The van der Waals surface area contributed by atoms with Gasteiger partial charge >= 0.3 is 12.0 Å². The summed E-state index contributed by atoms with van der Waals surface area (Å²) in [5.41, 5.74) is 0. The van der Waals surface area contributed by atoms with E-state index in [1.165, 1.54) is 25.7 Å². The first-order valence-corrected chi connectivity index (χ1v) is 8.22. The van der Waals surface area contributed by atoms with Crippen LogP contribution >= 0.6 is 11.8 Å². The first-order chi connectivity index (χ1) is 11.5. The van der Waals surface area contributed by atoms with E-state index in [0.29, 0.717) is 24.7 Å². The van der Waals surface area contributed by atoms with E-state index in [0.717, 1.165) is 4.90 Å². The third-order valence-corrected chi connectivity index (χ3v) is 3.98. The Balaban J connectivity index is 1.80. The van der Waals surface area contributed by atoms with Gasteiger partial charge in [-0.3, -0.25) is 14.9 Å². The molecule has 0 spiro atoms. The largest absolute Gasteiger partial charge is 0.486 e. The van der Waals surface area contributed by atoms with E-state index in [4.69, 9.17) is 14.2 Å². The van der Waals surface area contributed by atoms with E-state index in [-0.39, 0.29) is 5.75 Å². The van der Waals surface area contributed by atoms with Gasteiger partial charge in [0.1, 0.15) is 13.2 Å². The maximum Gasteiger partial charge on any atom is 0.321 e. The van der Waals surface area contributed by atoms with Gasteiger partial charge < -0.3 is 19.5 Å². The van der Waals surface area contributed by atoms with Crippen LogP contribution in [0.5, 0.6) is 11.5 Å². The summed E-state index contributed by atoms with van der Waals surface area (Å²) in [6.07, 6.45) is -1.06. The highest BCUT2D eigenvalue weighted by Gasteiger charge is 2.20. The first kappa shape index (κ1) is 17.9. The molecule has 130 valence electrons. The smallest absolute Gasteiger partial charge is 0.321 e. The summed E-state index contributed by atoms with van der Waals surface area (Å²) < 4.78 is 15.9. The second kappa shape index (κ2) is 8.44. The number of ether oxygens (including phenoxy) is 3. The zero-order valence-electron chi connectivity index (χ0n) is 13.3. The topological polar surface area (TPSA) is 103 Å². The number of fused-ring (bicyclic) bond motifs is 1. The number of thioether (sulfide) groups is 1. The van der Waals surface area contributed by atoms with Crippen molar-refractivity contribution in [2.24, 2.45) is 0 Å². The lowest BCUT2D eigenvalue weighted by atomic mass is 10.3. The van der Waals surface area contributed by atoms with E-state index in [9.17, 15) is 14.4 Å². The Hall–Kier alpha value is -2.42. The number of carbonyl (C=O) groups excluding carboxylic acids is 3. The number of esters is 1. The molecule has 0 radical (unpaired) electrons. The molecule has 1 aromatic carbocycles. The summed E-state index contributed by atoms with van der Waals surface area (Å²) in [7, 11) is 1.38. The molecule has 0 saturated carbocycles. The summed E-state index contributed by atoms with van der Waals surface area (Å²) >= 11 is 1.25. The molecule has 0 saturated heterocycles. The maximum absolute atomic E-state index is 11.8. The van der Waals surface area contributed by atoms with Crippen molar-refractivity contribution >= 4 is 29.7 Å². The molecule has 0 unspecified atom stereocenters. The van der Waals surface area contributed by atoms with Crippen LogP contribution in [0.1, 0.15) is 6.92 Å². The van der Waals surface area contributed by atoms with E-state index in [1.54, 1.807) is 12.1 Å². The molecule has 1 aromatic rings. The molecule has 24 heavy (non-hydrogen) atoms. The fraction of sp³-hybridized carbons (Fsp3) is 0.400. The number of hydrogen-bond donors (Lipinski definition) is 2. The van der Waals surface area contributed by atoms with Crippen molar-refractivity contribution in [3.63, 3.8) is 0 Å². The predicted octanol–water partition coefficient (Wildman–Crippen LogP) is 0.937. The second-order valence-electron chi connectivity index (χ2n) is 4.79. The lowest BCUT2D eigenvalue weighted by Gasteiger charge is -2.18. The van der Waals surface area contributed by atoms with Gasteiger partial charge in [0.2, 0.25) is 0 Å². The third kappa shape index (κ3) is 5.05. The number of carbonyl (C=O) groups is 3. The molecule has 1 aliphatic heterocycles. The van der Waals surface area contributed by atoms with Crippen molar-refractivity contribution in [1.29, 1.82) is 0 Å². The van der Waals surface area contributed by atoms with Crippen molar-refractivity contribution in [3.8, 4) is 11.5 Å². The van der Waals surface area contributed by atoms with Crippen LogP contribution in [0.25, 0.3) is 0 Å². The average Bonchev–Trinajstić information content (AvgIpc) is 2.59. The van der Waals surface area contributed by atoms with E-state index in [2.05, 4.69) is 5.32 Å². The zero-order valence-corrected chi connectivity index (χ0v) is 14.1. The molecule has 9 heteroatoms. The molecular weight excluding hydrogens is 336 g/mol. The van der Waals surface area contributed by atoms with Crippen molar-refractivity contribution in [2.45, 2.75) is 17.9 Å². The van der Waals surface area contributed by atoms with Crippen LogP contribution in [0.3, 0.4) is 0 Å². The summed E-state index contributed by atoms with van der Waals surface area (Å²) in [5, 5.41) is 4.28. The highest BCUT2D eigenvalue weighted by atomic mass is 32.2. The summed E-state index contributed by atoms with van der Waals surface area (Å²) in [5.74, 6) is 0.0872. The normalized spacial score (nSPS) is 13.6. The van der Waals surface area contributed by atoms with Gasteiger partial charge in [0.25, 0.3) is 5.91 Å². The molecule has 0 fully saturated rings.